The first-order chi connectivity index (χ1) is 14.8. The number of benzene rings is 2. The lowest BCUT2D eigenvalue weighted by atomic mass is 9.96. The first-order valence-corrected chi connectivity index (χ1v) is 10.2. The van der Waals surface area contributed by atoms with E-state index in [1.54, 1.807) is 10.9 Å². The molecule has 4 aromatic rings. The summed E-state index contributed by atoms with van der Waals surface area (Å²) in [4.78, 5) is 15.1. The molecule has 3 heterocycles. The van der Waals surface area contributed by atoms with E-state index < -0.39 is 0 Å². The quantitative estimate of drug-likeness (QED) is 0.568. The topological polar surface area (TPSA) is 75.9 Å². The summed E-state index contributed by atoms with van der Waals surface area (Å²) in [6, 6.07) is 19.8. The maximum Gasteiger partial charge on any atom is 0.229 e. The third kappa shape index (κ3) is 3.61. The fraction of sp³-hybridized carbons (Fsp3) is 0.217. The number of nitrogens with zero attached hydrogens (tertiary/aromatic N) is 5. The summed E-state index contributed by atoms with van der Waals surface area (Å²) in [5, 5.41) is 18.1. The van der Waals surface area contributed by atoms with E-state index in [0.29, 0.717) is 12.4 Å². The van der Waals surface area contributed by atoms with Gasteiger partial charge in [-0.1, -0.05) is 36.4 Å². The minimum atomic E-state index is -0.0923. The summed E-state index contributed by atoms with van der Waals surface area (Å²) in [5.74, 6) is 1.42. The highest BCUT2D eigenvalue weighted by Crippen LogP contribution is 2.26. The SMILES string of the molecule is O=C(Nc1cccc2ccccc12)[C@H]1CCCN(c2ccc(-n3cccn3)nn2)C1. The van der Waals surface area contributed by atoms with Gasteiger partial charge in [0, 0.05) is 36.6 Å². The van der Waals surface area contributed by atoms with Crippen LogP contribution in [0.4, 0.5) is 11.5 Å². The number of amides is 1. The lowest BCUT2D eigenvalue weighted by Gasteiger charge is -2.32. The predicted octanol–water partition coefficient (Wildman–Crippen LogP) is 3.67. The van der Waals surface area contributed by atoms with Crippen LogP contribution >= 0.6 is 0 Å². The van der Waals surface area contributed by atoms with Crippen molar-refractivity contribution in [3.05, 3.63) is 73.1 Å². The first-order valence-electron chi connectivity index (χ1n) is 10.2. The molecule has 7 heteroatoms. The molecule has 30 heavy (non-hydrogen) atoms. The number of nitrogens with one attached hydrogen (secondary N) is 1. The van der Waals surface area contributed by atoms with Gasteiger partial charge in [0.2, 0.25) is 5.91 Å². The van der Waals surface area contributed by atoms with Crippen molar-refractivity contribution >= 4 is 28.2 Å². The Morgan fingerprint density at radius 2 is 1.80 bits per heavy atom. The van der Waals surface area contributed by atoms with E-state index in [4.69, 9.17) is 0 Å². The minimum absolute atomic E-state index is 0.0529. The van der Waals surface area contributed by atoms with E-state index in [0.717, 1.165) is 41.7 Å². The normalized spacial score (nSPS) is 16.5. The van der Waals surface area contributed by atoms with Gasteiger partial charge in [-0.3, -0.25) is 4.79 Å². The van der Waals surface area contributed by atoms with Crippen molar-refractivity contribution in [2.75, 3.05) is 23.3 Å². The van der Waals surface area contributed by atoms with Crippen molar-refractivity contribution in [3.8, 4) is 5.82 Å². The van der Waals surface area contributed by atoms with Gasteiger partial charge in [0.05, 0.1) is 5.92 Å². The summed E-state index contributed by atoms with van der Waals surface area (Å²) in [6.07, 6.45) is 5.35. The molecule has 1 amide bonds. The van der Waals surface area contributed by atoms with Crippen LogP contribution in [0.1, 0.15) is 12.8 Å². The summed E-state index contributed by atoms with van der Waals surface area (Å²) >= 11 is 0. The summed E-state index contributed by atoms with van der Waals surface area (Å²) in [6.45, 7) is 1.50. The molecule has 1 atom stereocenters. The zero-order valence-corrected chi connectivity index (χ0v) is 16.5. The number of carbonyl (C=O) groups excluding carboxylic acids is 1. The Labute approximate surface area is 174 Å². The molecule has 0 bridgehead atoms. The van der Waals surface area contributed by atoms with Gasteiger partial charge < -0.3 is 10.2 Å². The highest BCUT2D eigenvalue weighted by atomic mass is 16.1. The van der Waals surface area contributed by atoms with Crippen LogP contribution in [-0.2, 0) is 4.79 Å². The Morgan fingerprint density at radius 1 is 0.967 bits per heavy atom. The molecule has 1 N–H and O–H groups in total. The van der Waals surface area contributed by atoms with Gasteiger partial charge in [0.25, 0.3) is 0 Å². The summed E-state index contributed by atoms with van der Waals surface area (Å²) in [7, 11) is 0. The molecule has 2 aromatic carbocycles. The third-order valence-corrected chi connectivity index (χ3v) is 5.54. The highest BCUT2D eigenvalue weighted by Gasteiger charge is 2.27. The molecule has 1 aliphatic heterocycles. The van der Waals surface area contributed by atoms with E-state index in [1.807, 2.05) is 54.7 Å². The van der Waals surface area contributed by atoms with Crippen LogP contribution in [0.5, 0.6) is 0 Å². The molecule has 1 fully saturated rings. The zero-order valence-electron chi connectivity index (χ0n) is 16.5. The standard InChI is InChI=1S/C23H22N6O/c30-23(25-20-10-3-7-17-6-1-2-9-19(17)20)18-8-4-14-28(16-18)21-11-12-22(27-26-21)29-15-5-13-24-29/h1-3,5-7,9-13,15,18H,4,8,14,16H2,(H,25,30)/t18-/m0/s1. The molecule has 150 valence electrons. The Bertz CT molecular complexity index is 1150. The molecule has 0 spiro atoms. The number of rotatable bonds is 4. The Morgan fingerprint density at radius 3 is 2.63 bits per heavy atom. The molecule has 7 nitrogen and oxygen atoms in total. The largest absolute Gasteiger partial charge is 0.354 e. The molecular weight excluding hydrogens is 376 g/mol. The lowest BCUT2D eigenvalue weighted by Crippen LogP contribution is -2.41. The maximum atomic E-state index is 13.0. The van der Waals surface area contributed by atoms with Crippen LogP contribution in [0.2, 0.25) is 0 Å². The van der Waals surface area contributed by atoms with Gasteiger partial charge >= 0.3 is 0 Å². The highest BCUT2D eigenvalue weighted by molar-refractivity contribution is 6.02. The smallest absolute Gasteiger partial charge is 0.229 e. The Kier molecular flexibility index (Phi) is 4.85. The molecule has 0 unspecified atom stereocenters. The van der Waals surface area contributed by atoms with Crippen molar-refractivity contribution in [2.24, 2.45) is 5.92 Å². The average molecular weight is 398 g/mol. The second-order valence-electron chi connectivity index (χ2n) is 7.50. The second-order valence-corrected chi connectivity index (χ2v) is 7.50. The van der Waals surface area contributed by atoms with Gasteiger partial charge in [0.1, 0.15) is 0 Å². The number of fused-ring (bicyclic) bond motifs is 1. The van der Waals surface area contributed by atoms with Crippen molar-refractivity contribution in [1.82, 2.24) is 20.0 Å². The molecule has 0 aliphatic carbocycles. The zero-order chi connectivity index (χ0) is 20.3. The molecule has 0 saturated carbocycles. The predicted molar refractivity (Wildman–Crippen MR) is 117 cm³/mol. The van der Waals surface area contributed by atoms with Crippen LogP contribution in [0.15, 0.2) is 73.1 Å². The number of anilines is 2. The van der Waals surface area contributed by atoms with Crippen LogP contribution in [-0.4, -0.2) is 39.0 Å². The molecular formula is C23H22N6O. The fourth-order valence-electron chi connectivity index (χ4n) is 3.98. The third-order valence-electron chi connectivity index (χ3n) is 5.54. The minimum Gasteiger partial charge on any atom is -0.354 e. The van der Waals surface area contributed by atoms with Crippen LogP contribution in [0, 0.1) is 5.92 Å². The van der Waals surface area contributed by atoms with Crippen molar-refractivity contribution < 1.29 is 4.79 Å². The van der Waals surface area contributed by atoms with E-state index in [1.165, 1.54) is 0 Å². The number of hydrogen-bond donors (Lipinski definition) is 1. The van der Waals surface area contributed by atoms with Gasteiger partial charge in [-0.25, -0.2) is 4.68 Å². The van der Waals surface area contributed by atoms with E-state index in [2.05, 4.69) is 37.6 Å². The lowest BCUT2D eigenvalue weighted by molar-refractivity contribution is -0.120. The molecule has 5 rings (SSSR count). The monoisotopic (exact) mass is 398 g/mol. The Balaban J connectivity index is 1.29. The molecule has 2 aromatic heterocycles. The average Bonchev–Trinajstić information content (AvgIpc) is 3.35. The van der Waals surface area contributed by atoms with Gasteiger partial charge in [-0.15, -0.1) is 10.2 Å². The van der Waals surface area contributed by atoms with Crippen LogP contribution < -0.4 is 10.2 Å². The van der Waals surface area contributed by atoms with E-state index in [-0.39, 0.29) is 11.8 Å². The number of hydrogen-bond acceptors (Lipinski definition) is 5. The number of piperidine rings is 1. The van der Waals surface area contributed by atoms with Crippen LogP contribution in [0.3, 0.4) is 0 Å². The molecule has 1 saturated heterocycles. The van der Waals surface area contributed by atoms with Crippen molar-refractivity contribution in [3.63, 3.8) is 0 Å². The summed E-state index contributed by atoms with van der Waals surface area (Å²) < 4.78 is 1.67. The van der Waals surface area contributed by atoms with Crippen LogP contribution in [0.25, 0.3) is 16.6 Å². The van der Waals surface area contributed by atoms with Gasteiger partial charge in [0.15, 0.2) is 11.6 Å². The maximum absolute atomic E-state index is 13.0. The van der Waals surface area contributed by atoms with Gasteiger partial charge in [-0.05, 0) is 42.5 Å². The van der Waals surface area contributed by atoms with Crippen molar-refractivity contribution in [2.45, 2.75) is 12.8 Å². The van der Waals surface area contributed by atoms with Gasteiger partial charge in [-0.2, -0.15) is 5.10 Å². The van der Waals surface area contributed by atoms with E-state index >= 15 is 0 Å². The summed E-state index contributed by atoms with van der Waals surface area (Å²) in [5.41, 5.74) is 0.860. The molecule has 0 radical (unpaired) electrons. The van der Waals surface area contributed by atoms with Crippen molar-refractivity contribution in [1.29, 1.82) is 0 Å². The Hall–Kier alpha value is -3.74. The first kappa shape index (κ1) is 18.3. The van der Waals surface area contributed by atoms with E-state index in [9.17, 15) is 4.79 Å². The molecule has 1 aliphatic rings. The fourth-order valence-corrected chi connectivity index (χ4v) is 3.98. The number of carbonyl (C=O) groups is 1. The number of aromatic nitrogens is 4. The second kappa shape index (κ2) is 7.94.